The van der Waals surface area contributed by atoms with Crippen LogP contribution in [0, 0.1) is 18.7 Å². The normalized spacial score (nSPS) is 11.8. The Hall–Kier alpha value is -1.62. The summed E-state index contributed by atoms with van der Waals surface area (Å²) in [5.74, 6) is 5.96. The first kappa shape index (κ1) is 13.4. The van der Waals surface area contributed by atoms with E-state index in [-0.39, 0.29) is 5.82 Å². The maximum atomic E-state index is 13.3. The van der Waals surface area contributed by atoms with Crippen molar-refractivity contribution in [3.8, 4) is 0 Å². The van der Waals surface area contributed by atoms with E-state index in [1.807, 2.05) is 0 Å². The standard InChI is InChI=1S/C12H19FN4/c1-8(2)7-15-12(17-14)16-10-5-4-9(3)11(13)6-10/h4-6,8H,7,14H2,1-3H3,(H2,15,16,17). The minimum atomic E-state index is -0.254. The van der Waals surface area contributed by atoms with Crippen LogP contribution in [0.5, 0.6) is 0 Å². The second-order valence-corrected chi connectivity index (χ2v) is 4.32. The lowest BCUT2D eigenvalue weighted by Crippen LogP contribution is -2.36. The number of guanidine groups is 1. The fraction of sp³-hybridized carbons (Fsp3) is 0.417. The number of hydrogen-bond acceptors (Lipinski definition) is 2. The van der Waals surface area contributed by atoms with Crippen molar-refractivity contribution in [1.29, 1.82) is 0 Å². The van der Waals surface area contributed by atoms with Crippen LogP contribution in [-0.2, 0) is 0 Å². The summed E-state index contributed by atoms with van der Waals surface area (Å²) in [4.78, 5) is 4.24. The zero-order chi connectivity index (χ0) is 12.8. The second-order valence-electron chi connectivity index (χ2n) is 4.32. The third-order valence-electron chi connectivity index (χ3n) is 2.19. The van der Waals surface area contributed by atoms with Gasteiger partial charge in [0.1, 0.15) is 5.82 Å². The molecule has 0 aliphatic heterocycles. The molecule has 0 saturated carbocycles. The number of nitrogens with two attached hydrogens (primary N) is 1. The molecule has 0 aliphatic carbocycles. The summed E-state index contributed by atoms with van der Waals surface area (Å²) < 4.78 is 13.3. The molecule has 1 rings (SSSR count). The summed E-state index contributed by atoms with van der Waals surface area (Å²) in [6.07, 6.45) is 0. The molecule has 0 heterocycles. The number of halogens is 1. The molecule has 4 N–H and O–H groups in total. The third-order valence-corrected chi connectivity index (χ3v) is 2.19. The molecule has 0 fully saturated rings. The topological polar surface area (TPSA) is 62.4 Å². The highest BCUT2D eigenvalue weighted by Crippen LogP contribution is 2.13. The van der Waals surface area contributed by atoms with Crippen LogP contribution >= 0.6 is 0 Å². The summed E-state index contributed by atoms with van der Waals surface area (Å²) in [7, 11) is 0. The van der Waals surface area contributed by atoms with Gasteiger partial charge in [0.2, 0.25) is 5.96 Å². The molecule has 0 amide bonds. The lowest BCUT2D eigenvalue weighted by atomic mass is 10.2. The molecule has 94 valence electrons. The number of anilines is 1. The van der Waals surface area contributed by atoms with E-state index in [9.17, 15) is 4.39 Å². The lowest BCUT2D eigenvalue weighted by molar-refractivity contribution is 0.619. The highest BCUT2D eigenvalue weighted by atomic mass is 19.1. The molecule has 0 spiro atoms. The Bertz CT molecular complexity index is 401. The molecule has 1 aromatic carbocycles. The zero-order valence-corrected chi connectivity index (χ0v) is 10.4. The number of aliphatic imine (C=N–C) groups is 1. The number of nitrogens with zero attached hydrogens (tertiary/aromatic N) is 1. The Kier molecular flexibility index (Phi) is 4.90. The van der Waals surface area contributed by atoms with Crippen molar-refractivity contribution in [2.24, 2.45) is 16.8 Å². The molecule has 0 radical (unpaired) electrons. The number of hydrazine groups is 1. The number of nitrogens with one attached hydrogen (secondary N) is 2. The smallest absolute Gasteiger partial charge is 0.210 e. The highest BCUT2D eigenvalue weighted by Gasteiger charge is 2.02. The fourth-order valence-electron chi connectivity index (χ4n) is 1.20. The van der Waals surface area contributed by atoms with Gasteiger partial charge in [-0.25, -0.2) is 10.2 Å². The molecule has 0 aliphatic rings. The van der Waals surface area contributed by atoms with Crippen molar-refractivity contribution in [3.63, 3.8) is 0 Å². The first-order valence-electron chi connectivity index (χ1n) is 5.57. The largest absolute Gasteiger partial charge is 0.325 e. The van der Waals surface area contributed by atoms with Crippen LogP contribution in [0.3, 0.4) is 0 Å². The van der Waals surface area contributed by atoms with E-state index in [4.69, 9.17) is 5.84 Å². The van der Waals surface area contributed by atoms with E-state index in [2.05, 4.69) is 29.6 Å². The van der Waals surface area contributed by atoms with Gasteiger partial charge in [-0.2, -0.15) is 0 Å². The van der Waals surface area contributed by atoms with E-state index >= 15 is 0 Å². The van der Waals surface area contributed by atoms with Gasteiger partial charge in [-0.1, -0.05) is 19.9 Å². The third kappa shape index (κ3) is 4.40. The van der Waals surface area contributed by atoms with Crippen LogP contribution in [-0.4, -0.2) is 12.5 Å². The van der Waals surface area contributed by atoms with E-state index in [1.165, 1.54) is 6.07 Å². The summed E-state index contributed by atoms with van der Waals surface area (Å²) in [6.45, 7) is 6.49. The summed E-state index contributed by atoms with van der Waals surface area (Å²) in [5.41, 5.74) is 3.68. The first-order chi connectivity index (χ1) is 8.02. The van der Waals surface area contributed by atoms with Gasteiger partial charge in [-0.15, -0.1) is 0 Å². The van der Waals surface area contributed by atoms with Gasteiger partial charge in [-0.3, -0.25) is 10.4 Å². The second kappa shape index (κ2) is 6.20. The fourth-order valence-corrected chi connectivity index (χ4v) is 1.20. The molecule has 0 unspecified atom stereocenters. The van der Waals surface area contributed by atoms with Crippen molar-refractivity contribution in [3.05, 3.63) is 29.6 Å². The quantitative estimate of drug-likeness (QED) is 0.327. The van der Waals surface area contributed by atoms with Gasteiger partial charge < -0.3 is 5.32 Å². The van der Waals surface area contributed by atoms with Crippen LogP contribution < -0.4 is 16.6 Å². The molecule has 1 aromatic rings. The Morgan fingerprint density at radius 1 is 1.47 bits per heavy atom. The van der Waals surface area contributed by atoms with E-state index in [0.717, 1.165) is 0 Å². The number of hydrogen-bond donors (Lipinski definition) is 3. The molecular formula is C12H19FN4. The Morgan fingerprint density at radius 2 is 2.18 bits per heavy atom. The number of benzene rings is 1. The van der Waals surface area contributed by atoms with Crippen molar-refractivity contribution >= 4 is 11.6 Å². The molecular weight excluding hydrogens is 219 g/mol. The van der Waals surface area contributed by atoms with Crippen molar-refractivity contribution in [1.82, 2.24) is 5.43 Å². The van der Waals surface area contributed by atoms with Crippen molar-refractivity contribution < 1.29 is 4.39 Å². The predicted molar refractivity (Wildman–Crippen MR) is 69.2 cm³/mol. The van der Waals surface area contributed by atoms with E-state index in [1.54, 1.807) is 19.1 Å². The first-order valence-corrected chi connectivity index (χ1v) is 5.57. The van der Waals surface area contributed by atoms with Gasteiger partial charge in [0.05, 0.1) is 0 Å². The molecule has 0 saturated heterocycles. The minimum absolute atomic E-state index is 0.254. The van der Waals surface area contributed by atoms with Crippen LogP contribution in [0.1, 0.15) is 19.4 Å². The van der Waals surface area contributed by atoms with Crippen LogP contribution in [0.4, 0.5) is 10.1 Å². The van der Waals surface area contributed by atoms with Crippen LogP contribution in [0.2, 0.25) is 0 Å². The van der Waals surface area contributed by atoms with Crippen molar-refractivity contribution in [2.45, 2.75) is 20.8 Å². The average molecular weight is 238 g/mol. The Labute approximate surface area is 101 Å². The molecule has 0 atom stereocenters. The van der Waals surface area contributed by atoms with Gasteiger partial charge in [0, 0.05) is 12.2 Å². The van der Waals surface area contributed by atoms with Gasteiger partial charge >= 0.3 is 0 Å². The summed E-state index contributed by atoms with van der Waals surface area (Å²) in [5, 5.41) is 2.93. The lowest BCUT2D eigenvalue weighted by Gasteiger charge is -2.10. The monoisotopic (exact) mass is 238 g/mol. The molecule has 4 nitrogen and oxygen atoms in total. The average Bonchev–Trinajstić information content (AvgIpc) is 2.28. The van der Waals surface area contributed by atoms with Crippen LogP contribution in [0.25, 0.3) is 0 Å². The van der Waals surface area contributed by atoms with Crippen LogP contribution in [0.15, 0.2) is 23.2 Å². The highest BCUT2D eigenvalue weighted by molar-refractivity contribution is 5.93. The maximum Gasteiger partial charge on any atom is 0.210 e. The molecule has 0 aromatic heterocycles. The van der Waals surface area contributed by atoms with E-state index < -0.39 is 0 Å². The predicted octanol–water partition coefficient (Wildman–Crippen LogP) is 2.02. The summed E-state index contributed by atoms with van der Waals surface area (Å²) >= 11 is 0. The van der Waals surface area contributed by atoms with Gasteiger partial charge in [0.15, 0.2) is 0 Å². The SMILES string of the molecule is Cc1ccc(NC(=NCC(C)C)NN)cc1F. The van der Waals surface area contributed by atoms with Crippen molar-refractivity contribution in [2.75, 3.05) is 11.9 Å². The zero-order valence-electron chi connectivity index (χ0n) is 10.4. The molecule has 5 heteroatoms. The maximum absolute atomic E-state index is 13.3. The van der Waals surface area contributed by atoms with Gasteiger partial charge in [0.25, 0.3) is 0 Å². The Morgan fingerprint density at radius 3 is 2.71 bits per heavy atom. The number of rotatable bonds is 3. The Balaban J connectivity index is 2.73. The number of aryl methyl sites for hydroxylation is 1. The van der Waals surface area contributed by atoms with Gasteiger partial charge in [-0.05, 0) is 30.5 Å². The summed E-state index contributed by atoms with van der Waals surface area (Å²) in [6, 6.07) is 4.90. The molecule has 0 bridgehead atoms. The minimum Gasteiger partial charge on any atom is -0.325 e. The van der Waals surface area contributed by atoms with E-state index in [0.29, 0.717) is 29.7 Å². The molecule has 17 heavy (non-hydrogen) atoms.